The fourth-order valence-electron chi connectivity index (χ4n) is 2.70. The number of carbonyl (C=O) groups is 2. The lowest BCUT2D eigenvalue weighted by molar-refractivity contribution is -0.384. The molecule has 2 rings (SSSR count). The quantitative estimate of drug-likeness (QED) is 0.492. The van der Waals surface area contributed by atoms with Gasteiger partial charge in [-0.2, -0.15) is 0 Å². The molecule has 9 nitrogen and oxygen atoms in total. The number of methoxy groups -OCH3 is 2. The van der Waals surface area contributed by atoms with Crippen LogP contribution in [-0.2, 0) is 4.79 Å². The number of hydrogen-bond acceptors (Lipinski definition) is 6. The molecule has 0 aliphatic rings. The van der Waals surface area contributed by atoms with Crippen molar-refractivity contribution in [3.8, 4) is 11.5 Å². The highest BCUT2D eigenvalue weighted by atomic mass is 16.6. The monoisotopic (exact) mass is 401 g/mol. The number of ether oxygens (including phenoxy) is 2. The normalized spacial score (nSPS) is 11.3. The van der Waals surface area contributed by atoms with Gasteiger partial charge in [0.2, 0.25) is 5.91 Å². The van der Waals surface area contributed by atoms with Gasteiger partial charge in [0, 0.05) is 36.2 Å². The fraction of sp³-hybridized carbons (Fsp3) is 0.300. The van der Waals surface area contributed by atoms with Gasteiger partial charge in [-0.3, -0.25) is 19.7 Å². The van der Waals surface area contributed by atoms with Crippen LogP contribution in [0.5, 0.6) is 11.5 Å². The molecule has 1 atom stereocenters. The van der Waals surface area contributed by atoms with E-state index in [1.165, 1.54) is 24.3 Å². The summed E-state index contributed by atoms with van der Waals surface area (Å²) in [5, 5.41) is 16.1. The van der Waals surface area contributed by atoms with E-state index in [1.807, 2.05) is 6.92 Å². The van der Waals surface area contributed by atoms with Crippen LogP contribution in [0.3, 0.4) is 0 Å². The minimum atomic E-state index is -0.537. The molecule has 9 heteroatoms. The van der Waals surface area contributed by atoms with Crippen molar-refractivity contribution >= 4 is 17.5 Å². The molecule has 2 aromatic carbocycles. The highest BCUT2D eigenvalue weighted by Crippen LogP contribution is 2.29. The van der Waals surface area contributed by atoms with Crippen LogP contribution in [0.2, 0.25) is 0 Å². The molecule has 2 N–H and O–H groups in total. The van der Waals surface area contributed by atoms with Crippen molar-refractivity contribution in [2.45, 2.75) is 19.4 Å². The van der Waals surface area contributed by atoms with E-state index >= 15 is 0 Å². The number of non-ortho nitro benzene ring substituents is 1. The Labute approximate surface area is 168 Å². The maximum atomic E-state index is 12.2. The van der Waals surface area contributed by atoms with Gasteiger partial charge in [0.25, 0.3) is 11.6 Å². The van der Waals surface area contributed by atoms with Crippen molar-refractivity contribution in [3.05, 3.63) is 63.7 Å². The third kappa shape index (κ3) is 5.93. The Balaban J connectivity index is 1.86. The molecule has 0 saturated heterocycles. The Kier molecular flexibility index (Phi) is 7.53. The van der Waals surface area contributed by atoms with Crippen LogP contribution in [0.1, 0.15) is 35.3 Å². The van der Waals surface area contributed by atoms with E-state index in [0.29, 0.717) is 11.5 Å². The van der Waals surface area contributed by atoms with Gasteiger partial charge in [0.15, 0.2) is 0 Å². The minimum Gasteiger partial charge on any atom is -0.497 e. The molecule has 0 aliphatic heterocycles. The molecule has 0 fully saturated rings. The summed E-state index contributed by atoms with van der Waals surface area (Å²) < 4.78 is 10.5. The predicted molar refractivity (Wildman–Crippen MR) is 106 cm³/mol. The Morgan fingerprint density at radius 1 is 1.10 bits per heavy atom. The molecular weight excluding hydrogens is 378 g/mol. The highest BCUT2D eigenvalue weighted by molar-refractivity contribution is 5.94. The summed E-state index contributed by atoms with van der Waals surface area (Å²) >= 11 is 0. The number of nitrogens with one attached hydrogen (secondary N) is 2. The number of nitro benzene ring substituents is 1. The first kappa shape index (κ1) is 21.7. The SMILES string of the molecule is COc1ccc(OC)c([C@H](C)NC(=O)CCNC(=O)c2ccc([N+](=O)[O-])cc2)c1. The summed E-state index contributed by atoms with van der Waals surface area (Å²) in [5.74, 6) is 0.629. The summed E-state index contributed by atoms with van der Waals surface area (Å²) in [6, 6.07) is 10.2. The first-order valence-electron chi connectivity index (χ1n) is 8.89. The van der Waals surface area contributed by atoms with Crippen LogP contribution in [0.4, 0.5) is 5.69 Å². The average molecular weight is 401 g/mol. The number of carbonyl (C=O) groups excluding carboxylic acids is 2. The molecule has 154 valence electrons. The van der Waals surface area contributed by atoms with E-state index in [-0.39, 0.29) is 36.2 Å². The lowest BCUT2D eigenvalue weighted by Gasteiger charge is -2.18. The molecule has 0 saturated carbocycles. The van der Waals surface area contributed by atoms with Gasteiger partial charge in [-0.1, -0.05) is 0 Å². The topological polar surface area (TPSA) is 120 Å². The molecule has 0 bridgehead atoms. The highest BCUT2D eigenvalue weighted by Gasteiger charge is 2.16. The number of amides is 2. The van der Waals surface area contributed by atoms with E-state index < -0.39 is 10.8 Å². The summed E-state index contributed by atoms with van der Waals surface area (Å²) in [6.45, 7) is 1.95. The Hall–Kier alpha value is -3.62. The zero-order valence-corrected chi connectivity index (χ0v) is 16.4. The van der Waals surface area contributed by atoms with E-state index in [2.05, 4.69) is 10.6 Å². The number of benzene rings is 2. The van der Waals surface area contributed by atoms with Crippen LogP contribution < -0.4 is 20.1 Å². The third-order valence-electron chi connectivity index (χ3n) is 4.26. The van der Waals surface area contributed by atoms with Gasteiger partial charge in [-0.15, -0.1) is 0 Å². The maximum Gasteiger partial charge on any atom is 0.269 e. The summed E-state index contributed by atoms with van der Waals surface area (Å²) in [6.07, 6.45) is 0.0787. The lowest BCUT2D eigenvalue weighted by Crippen LogP contribution is -2.32. The van der Waals surface area contributed by atoms with Crippen LogP contribution in [-0.4, -0.2) is 37.5 Å². The largest absolute Gasteiger partial charge is 0.497 e. The van der Waals surface area contributed by atoms with E-state index in [4.69, 9.17) is 9.47 Å². The first-order valence-corrected chi connectivity index (χ1v) is 8.89. The minimum absolute atomic E-state index is 0.0787. The number of hydrogen-bond donors (Lipinski definition) is 2. The molecule has 0 unspecified atom stereocenters. The predicted octanol–water partition coefficient (Wildman–Crippen LogP) is 2.61. The lowest BCUT2D eigenvalue weighted by atomic mass is 10.1. The van der Waals surface area contributed by atoms with Crippen LogP contribution in [0, 0.1) is 10.1 Å². The van der Waals surface area contributed by atoms with Gasteiger partial charge in [-0.05, 0) is 37.3 Å². The van der Waals surface area contributed by atoms with E-state index in [1.54, 1.807) is 32.4 Å². The van der Waals surface area contributed by atoms with Crippen molar-refractivity contribution in [2.24, 2.45) is 0 Å². The maximum absolute atomic E-state index is 12.2. The van der Waals surface area contributed by atoms with Gasteiger partial charge in [0.05, 0.1) is 25.2 Å². The second-order valence-corrected chi connectivity index (χ2v) is 6.21. The van der Waals surface area contributed by atoms with Crippen molar-refractivity contribution in [1.82, 2.24) is 10.6 Å². The van der Waals surface area contributed by atoms with Gasteiger partial charge >= 0.3 is 0 Å². The molecule has 0 radical (unpaired) electrons. The van der Waals surface area contributed by atoms with Gasteiger partial charge in [0.1, 0.15) is 11.5 Å². The Morgan fingerprint density at radius 2 is 1.79 bits per heavy atom. The van der Waals surface area contributed by atoms with Crippen molar-refractivity contribution < 1.29 is 24.0 Å². The molecule has 2 aromatic rings. The zero-order valence-electron chi connectivity index (χ0n) is 16.4. The molecule has 0 aliphatic carbocycles. The van der Waals surface area contributed by atoms with Crippen molar-refractivity contribution in [2.75, 3.05) is 20.8 Å². The molecule has 29 heavy (non-hydrogen) atoms. The molecule has 0 aromatic heterocycles. The van der Waals surface area contributed by atoms with Crippen molar-refractivity contribution in [1.29, 1.82) is 0 Å². The van der Waals surface area contributed by atoms with Crippen LogP contribution >= 0.6 is 0 Å². The van der Waals surface area contributed by atoms with Crippen LogP contribution in [0.25, 0.3) is 0 Å². The summed E-state index contributed by atoms with van der Waals surface area (Å²) in [7, 11) is 3.11. The van der Waals surface area contributed by atoms with E-state index in [9.17, 15) is 19.7 Å². The zero-order chi connectivity index (χ0) is 21.4. The molecule has 2 amide bonds. The number of nitro groups is 1. The van der Waals surface area contributed by atoms with E-state index in [0.717, 1.165) is 5.56 Å². The molecule has 0 spiro atoms. The van der Waals surface area contributed by atoms with Gasteiger partial charge < -0.3 is 20.1 Å². The second kappa shape index (κ2) is 10.1. The first-order chi connectivity index (χ1) is 13.8. The van der Waals surface area contributed by atoms with Gasteiger partial charge in [-0.25, -0.2) is 0 Å². The summed E-state index contributed by atoms with van der Waals surface area (Å²) in [4.78, 5) is 34.4. The standard InChI is InChI=1S/C20H23N3O6/c1-13(17-12-16(28-2)8-9-18(17)29-3)22-19(24)10-11-21-20(25)14-4-6-15(7-5-14)23(26)27/h4-9,12-13H,10-11H2,1-3H3,(H,21,25)(H,22,24)/t13-/m0/s1. The smallest absolute Gasteiger partial charge is 0.269 e. The second-order valence-electron chi connectivity index (χ2n) is 6.21. The van der Waals surface area contributed by atoms with Crippen LogP contribution in [0.15, 0.2) is 42.5 Å². The fourth-order valence-corrected chi connectivity index (χ4v) is 2.70. The Bertz CT molecular complexity index is 882. The molecule has 0 heterocycles. The summed E-state index contributed by atoms with van der Waals surface area (Å²) in [5.41, 5.74) is 0.962. The molecular formula is C20H23N3O6. The Morgan fingerprint density at radius 3 is 2.38 bits per heavy atom. The average Bonchev–Trinajstić information content (AvgIpc) is 2.73. The number of rotatable bonds is 9. The third-order valence-corrected chi connectivity index (χ3v) is 4.26. The van der Waals surface area contributed by atoms with Crippen molar-refractivity contribution in [3.63, 3.8) is 0 Å². The number of nitrogens with zero attached hydrogens (tertiary/aromatic N) is 1.